The zero-order valence-electron chi connectivity index (χ0n) is 20.5. The van der Waals surface area contributed by atoms with E-state index >= 15 is 0 Å². The van der Waals surface area contributed by atoms with Gasteiger partial charge in [0.1, 0.15) is 18.1 Å². The van der Waals surface area contributed by atoms with Crippen LogP contribution in [0.5, 0.6) is 0 Å². The van der Waals surface area contributed by atoms with Crippen molar-refractivity contribution < 1.29 is 24.3 Å². The summed E-state index contributed by atoms with van der Waals surface area (Å²) in [7, 11) is 0. The molecular weight excluding hydrogens is 426 g/mol. The smallest absolute Gasteiger partial charge is 0.326 e. The Bertz CT molecular complexity index is 672. The molecule has 5 unspecified atom stereocenters. The van der Waals surface area contributed by atoms with E-state index in [1.165, 1.54) is 4.90 Å². The molecule has 0 bridgehead atoms. The highest BCUT2D eigenvalue weighted by Gasteiger charge is 2.39. The van der Waals surface area contributed by atoms with Crippen molar-refractivity contribution in [2.24, 2.45) is 23.3 Å². The third-order valence-electron chi connectivity index (χ3n) is 6.28. The largest absolute Gasteiger partial charge is 0.480 e. The van der Waals surface area contributed by atoms with Gasteiger partial charge in [-0.3, -0.25) is 14.4 Å². The van der Waals surface area contributed by atoms with Gasteiger partial charge in [-0.1, -0.05) is 34.1 Å². The maximum absolute atomic E-state index is 13.4. The fourth-order valence-electron chi connectivity index (χ4n) is 3.99. The summed E-state index contributed by atoms with van der Waals surface area (Å²) in [5.41, 5.74) is 11.6. The minimum Gasteiger partial charge on any atom is -0.480 e. The molecule has 0 aromatic heterocycles. The van der Waals surface area contributed by atoms with Gasteiger partial charge >= 0.3 is 5.97 Å². The molecule has 190 valence electrons. The fraction of sp³-hybridized carbons (Fsp3) is 0.826. The first kappa shape index (κ1) is 28.8. The summed E-state index contributed by atoms with van der Waals surface area (Å²) in [6, 6.07) is -3.31. The number of likely N-dealkylation sites (tertiary alicyclic amines) is 1. The van der Waals surface area contributed by atoms with Crippen LogP contribution in [-0.2, 0) is 19.2 Å². The van der Waals surface area contributed by atoms with Gasteiger partial charge in [-0.2, -0.15) is 0 Å². The van der Waals surface area contributed by atoms with E-state index in [1.807, 2.05) is 27.7 Å². The average Bonchev–Trinajstić information content (AvgIpc) is 3.26. The zero-order valence-corrected chi connectivity index (χ0v) is 20.5. The molecule has 0 radical (unpaired) electrons. The number of amides is 3. The van der Waals surface area contributed by atoms with Crippen LogP contribution in [0.15, 0.2) is 0 Å². The van der Waals surface area contributed by atoms with E-state index in [0.717, 1.165) is 6.42 Å². The molecule has 1 heterocycles. The quantitative estimate of drug-likeness (QED) is 0.232. The van der Waals surface area contributed by atoms with Gasteiger partial charge in [-0.05, 0) is 56.9 Å². The lowest BCUT2D eigenvalue weighted by Gasteiger charge is -2.30. The molecule has 0 aromatic carbocycles. The second-order valence-corrected chi connectivity index (χ2v) is 9.48. The van der Waals surface area contributed by atoms with Crippen LogP contribution in [0, 0.1) is 11.8 Å². The van der Waals surface area contributed by atoms with Crippen LogP contribution in [-0.4, -0.2) is 71.0 Å². The van der Waals surface area contributed by atoms with Crippen LogP contribution < -0.4 is 22.1 Å². The Morgan fingerprint density at radius 1 is 1.09 bits per heavy atom. The van der Waals surface area contributed by atoms with Crippen molar-refractivity contribution >= 4 is 23.7 Å². The highest BCUT2D eigenvalue weighted by molar-refractivity contribution is 5.94. The van der Waals surface area contributed by atoms with Crippen LogP contribution in [0.25, 0.3) is 0 Å². The molecule has 1 rings (SSSR count). The summed E-state index contributed by atoms with van der Waals surface area (Å²) >= 11 is 0. The monoisotopic (exact) mass is 469 g/mol. The van der Waals surface area contributed by atoms with Crippen LogP contribution in [0.3, 0.4) is 0 Å². The number of carboxylic acid groups (broad SMARTS) is 1. The number of hydrogen-bond donors (Lipinski definition) is 5. The Labute approximate surface area is 197 Å². The van der Waals surface area contributed by atoms with Crippen molar-refractivity contribution in [1.82, 2.24) is 15.5 Å². The lowest BCUT2D eigenvalue weighted by molar-refractivity contribution is -0.145. The normalized spacial score (nSPS) is 19.6. The number of carboxylic acids is 1. The fourth-order valence-corrected chi connectivity index (χ4v) is 3.99. The molecule has 33 heavy (non-hydrogen) atoms. The first-order chi connectivity index (χ1) is 15.5. The summed E-state index contributed by atoms with van der Waals surface area (Å²) in [6.45, 7) is 8.44. The van der Waals surface area contributed by atoms with Crippen LogP contribution in [0.1, 0.15) is 72.6 Å². The van der Waals surface area contributed by atoms with Crippen LogP contribution in [0.2, 0.25) is 0 Å². The number of hydrogen-bond acceptors (Lipinski definition) is 6. The predicted molar refractivity (Wildman–Crippen MR) is 126 cm³/mol. The highest BCUT2D eigenvalue weighted by Crippen LogP contribution is 2.21. The molecular formula is C23H43N5O5. The zero-order chi connectivity index (χ0) is 25.1. The SMILES string of the molecule is CCC(C)C(N)C(=O)NC(CCCCN)C(=O)N1CCCC1C(=O)NC(CC(C)C)C(=O)O. The lowest BCUT2D eigenvalue weighted by Crippen LogP contribution is -2.57. The number of nitrogens with two attached hydrogens (primary N) is 2. The standard InChI is InChI=1S/C23H43N5O5/c1-5-15(4)19(25)21(30)26-16(9-6-7-11-24)22(31)28-12-8-10-18(28)20(29)27-17(23(32)33)13-14(2)3/h14-19H,5-13,24-25H2,1-4H3,(H,26,30)(H,27,29)(H,32,33). The molecule has 1 fully saturated rings. The molecule has 5 atom stereocenters. The molecule has 7 N–H and O–H groups in total. The van der Waals surface area contributed by atoms with Crippen LogP contribution in [0.4, 0.5) is 0 Å². The van der Waals surface area contributed by atoms with Crippen molar-refractivity contribution in [1.29, 1.82) is 0 Å². The van der Waals surface area contributed by atoms with Crippen molar-refractivity contribution in [3.05, 3.63) is 0 Å². The third-order valence-corrected chi connectivity index (χ3v) is 6.28. The number of unbranched alkanes of at least 4 members (excludes halogenated alkanes) is 1. The van der Waals surface area contributed by atoms with Gasteiger partial charge in [-0.25, -0.2) is 4.79 Å². The molecule has 10 nitrogen and oxygen atoms in total. The lowest BCUT2D eigenvalue weighted by atomic mass is 9.98. The molecule has 10 heteroatoms. The topological polar surface area (TPSA) is 168 Å². The summed E-state index contributed by atoms with van der Waals surface area (Å²) < 4.78 is 0. The van der Waals surface area contributed by atoms with E-state index < -0.39 is 42.0 Å². The first-order valence-corrected chi connectivity index (χ1v) is 12.1. The second-order valence-electron chi connectivity index (χ2n) is 9.48. The van der Waals surface area contributed by atoms with E-state index in [4.69, 9.17) is 11.5 Å². The van der Waals surface area contributed by atoms with Gasteiger partial charge in [0.05, 0.1) is 6.04 Å². The number of carbonyl (C=O) groups excluding carboxylic acids is 3. The molecule has 1 saturated heterocycles. The maximum atomic E-state index is 13.4. The van der Waals surface area contributed by atoms with Crippen molar-refractivity contribution in [3.8, 4) is 0 Å². The van der Waals surface area contributed by atoms with Gasteiger partial charge in [0.25, 0.3) is 0 Å². The predicted octanol–water partition coefficient (Wildman–Crippen LogP) is 0.580. The van der Waals surface area contributed by atoms with E-state index in [2.05, 4.69) is 10.6 Å². The number of nitrogens with zero attached hydrogens (tertiary/aromatic N) is 1. The number of carbonyl (C=O) groups is 4. The Hall–Kier alpha value is -2.20. The number of rotatable bonds is 14. The van der Waals surface area contributed by atoms with E-state index in [1.54, 1.807) is 0 Å². The minimum absolute atomic E-state index is 0.0379. The van der Waals surface area contributed by atoms with Crippen LogP contribution >= 0.6 is 0 Å². The van der Waals surface area contributed by atoms with Gasteiger partial charge < -0.3 is 32.1 Å². The minimum atomic E-state index is -1.10. The maximum Gasteiger partial charge on any atom is 0.326 e. The summed E-state index contributed by atoms with van der Waals surface area (Å²) in [5.74, 6) is -2.26. The molecule has 1 aliphatic rings. The Balaban J connectivity index is 2.96. The van der Waals surface area contributed by atoms with Crippen molar-refractivity contribution in [3.63, 3.8) is 0 Å². The molecule has 0 spiro atoms. The van der Waals surface area contributed by atoms with E-state index in [0.29, 0.717) is 51.6 Å². The molecule has 1 aliphatic heterocycles. The third kappa shape index (κ3) is 8.92. The highest BCUT2D eigenvalue weighted by atomic mass is 16.4. The molecule has 0 saturated carbocycles. The first-order valence-electron chi connectivity index (χ1n) is 12.1. The molecule has 0 aliphatic carbocycles. The number of aliphatic carboxylic acids is 1. The summed E-state index contributed by atoms with van der Waals surface area (Å²) in [5, 5.41) is 14.8. The van der Waals surface area contributed by atoms with Crippen molar-refractivity contribution in [2.45, 2.75) is 96.8 Å². The summed E-state index contributed by atoms with van der Waals surface area (Å²) in [6.07, 6.45) is 3.85. The van der Waals surface area contributed by atoms with E-state index in [9.17, 15) is 24.3 Å². The van der Waals surface area contributed by atoms with Gasteiger partial charge in [0.2, 0.25) is 17.7 Å². The number of nitrogens with one attached hydrogen (secondary N) is 2. The average molecular weight is 470 g/mol. The Morgan fingerprint density at radius 3 is 2.30 bits per heavy atom. The summed E-state index contributed by atoms with van der Waals surface area (Å²) in [4.78, 5) is 52.0. The van der Waals surface area contributed by atoms with Gasteiger partial charge in [0.15, 0.2) is 0 Å². The van der Waals surface area contributed by atoms with Gasteiger partial charge in [-0.15, -0.1) is 0 Å². The second kappa shape index (κ2) is 14.1. The molecule has 0 aromatic rings. The Kier molecular flexibility index (Phi) is 12.4. The Morgan fingerprint density at radius 2 is 1.76 bits per heavy atom. The van der Waals surface area contributed by atoms with Gasteiger partial charge in [0, 0.05) is 6.54 Å². The van der Waals surface area contributed by atoms with E-state index in [-0.39, 0.29) is 17.7 Å². The molecule has 3 amide bonds. The van der Waals surface area contributed by atoms with Crippen molar-refractivity contribution in [2.75, 3.05) is 13.1 Å².